The van der Waals surface area contributed by atoms with Crippen LogP contribution >= 0.6 is 0 Å². The number of nitrogens with one attached hydrogen (secondary N) is 1. The van der Waals surface area contributed by atoms with E-state index in [0.717, 1.165) is 49.2 Å². The van der Waals surface area contributed by atoms with Gasteiger partial charge in [0.25, 0.3) is 11.4 Å². The Morgan fingerprint density at radius 1 is 0.892 bits per heavy atom. The molecule has 186 valence electrons. The summed E-state index contributed by atoms with van der Waals surface area (Å²) in [5.41, 5.74) is 1.98. The molecule has 1 unspecified atom stereocenters. The first kappa shape index (κ1) is 23.4. The summed E-state index contributed by atoms with van der Waals surface area (Å²) in [5.74, 6) is -0.799. The van der Waals surface area contributed by atoms with Crippen LogP contribution < -0.4 is 5.32 Å². The Hall–Kier alpha value is -4.02. The summed E-state index contributed by atoms with van der Waals surface area (Å²) >= 11 is 0. The Balaban J connectivity index is 1.15. The van der Waals surface area contributed by atoms with Crippen LogP contribution in [0.15, 0.2) is 72.8 Å². The molecule has 0 radical (unpaired) electrons. The van der Waals surface area contributed by atoms with E-state index in [4.69, 9.17) is 6.57 Å². The Morgan fingerprint density at radius 2 is 1.59 bits per heavy atom. The van der Waals surface area contributed by atoms with E-state index in [-0.39, 0.29) is 12.5 Å². The van der Waals surface area contributed by atoms with E-state index in [1.165, 1.54) is 17.0 Å². The molecule has 3 amide bonds. The van der Waals surface area contributed by atoms with Crippen LogP contribution in [0.25, 0.3) is 16.0 Å². The van der Waals surface area contributed by atoms with Gasteiger partial charge in [-0.3, -0.25) is 9.69 Å². The number of carbonyl (C=O) groups is 2. The maximum absolute atomic E-state index is 14.3. The third-order valence-corrected chi connectivity index (χ3v) is 8.18. The Labute approximate surface area is 215 Å². The van der Waals surface area contributed by atoms with Crippen molar-refractivity contribution in [2.45, 2.75) is 30.3 Å². The van der Waals surface area contributed by atoms with E-state index in [1.807, 2.05) is 54.6 Å². The van der Waals surface area contributed by atoms with Crippen LogP contribution in [-0.2, 0) is 15.9 Å². The third-order valence-electron chi connectivity index (χ3n) is 8.18. The second-order valence-electron chi connectivity index (χ2n) is 10.1. The molecule has 0 saturated carbocycles. The number of piperidine rings is 1. The first-order valence-corrected chi connectivity index (χ1v) is 12.7. The van der Waals surface area contributed by atoms with Gasteiger partial charge in [0.2, 0.25) is 0 Å². The highest BCUT2D eigenvalue weighted by atomic mass is 19.1. The first-order chi connectivity index (χ1) is 18.0. The fourth-order valence-corrected chi connectivity index (χ4v) is 6.21. The molecule has 3 aromatic rings. The molecule has 0 bridgehead atoms. The van der Waals surface area contributed by atoms with Crippen LogP contribution in [-0.4, -0.2) is 47.9 Å². The lowest BCUT2D eigenvalue weighted by atomic mass is 9.81. The Morgan fingerprint density at radius 3 is 2.35 bits per heavy atom. The summed E-state index contributed by atoms with van der Waals surface area (Å²) in [6, 6.07) is 21.4. The molecule has 6 nitrogen and oxygen atoms in total. The van der Waals surface area contributed by atoms with Crippen molar-refractivity contribution in [3.63, 3.8) is 0 Å². The largest absolute Gasteiger partial charge is 0.325 e. The number of nitrogens with zero attached hydrogens (tertiary/aromatic N) is 3. The zero-order valence-electron chi connectivity index (χ0n) is 20.4. The van der Waals surface area contributed by atoms with Crippen LogP contribution in [0.4, 0.5) is 9.18 Å². The van der Waals surface area contributed by atoms with Gasteiger partial charge in [0.15, 0.2) is 5.54 Å². The minimum atomic E-state index is -1.39. The molecule has 6 rings (SSSR count). The van der Waals surface area contributed by atoms with Gasteiger partial charge < -0.3 is 15.1 Å². The van der Waals surface area contributed by atoms with Crippen LogP contribution in [0.2, 0.25) is 0 Å². The van der Waals surface area contributed by atoms with E-state index in [1.54, 1.807) is 6.07 Å². The first-order valence-electron chi connectivity index (χ1n) is 12.7. The standard InChI is InChI=1S/C30H27FN4O2/c1-32-29(21-8-3-2-4-9-21)14-18-34(19-15-29)16-7-17-35-27(36)30(33-28(35)37)25-11-6-5-10-23(25)24-13-12-22(31)20-26(24)30/h2-6,8-13,20H,7,14-19H2,(H,33,37). The number of amides is 3. The molecule has 1 atom stereocenters. The molecule has 3 aromatic carbocycles. The second kappa shape index (κ2) is 8.82. The van der Waals surface area contributed by atoms with Gasteiger partial charge in [0.05, 0.1) is 0 Å². The highest BCUT2D eigenvalue weighted by Crippen LogP contribution is 2.50. The summed E-state index contributed by atoms with van der Waals surface area (Å²) < 4.78 is 14.3. The van der Waals surface area contributed by atoms with Gasteiger partial charge >= 0.3 is 6.03 Å². The zero-order valence-corrected chi connectivity index (χ0v) is 20.4. The zero-order chi connectivity index (χ0) is 25.6. The molecule has 2 saturated heterocycles. The summed E-state index contributed by atoms with van der Waals surface area (Å²) in [6.45, 7) is 10.4. The van der Waals surface area contributed by atoms with Crippen molar-refractivity contribution in [2.75, 3.05) is 26.2 Å². The maximum Gasteiger partial charge on any atom is 0.325 e. The average molecular weight is 495 g/mol. The lowest BCUT2D eigenvalue weighted by Gasteiger charge is -2.34. The molecular formula is C30H27FN4O2. The number of carbonyl (C=O) groups excluding carboxylic acids is 2. The molecule has 37 heavy (non-hydrogen) atoms. The van der Waals surface area contributed by atoms with Crippen molar-refractivity contribution in [3.8, 4) is 11.1 Å². The minimum absolute atomic E-state index is 0.280. The fraction of sp³-hybridized carbons (Fsp3) is 0.300. The van der Waals surface area contributed by atoms with Crippen molar-refractivity contribution < 1.29 is 14.0 Å². The van der Waals surface area contributed by atoms with E-state index >= 15 is 0 Å². The van der Waals surface area contributed by atoms with Gasteiger partial charge in [-0.2, -0.15) is 0 Å². The Kier molecular flexibility index (Phi) is 5.58. The quantitative estimate of drug-likeness (QED) is 0.405. The number of hydrogen-bond donors (Lipinski definition) is 1. The molecule has 2 heterocycles. The van der Waals surface area contributed by atoms with Gasteiger partial charge in [-0.25, -0.2) is 15.8 Å². The van der Waals surface area contributed by atoms with Crippen molar-refractivity contribution in [3.05, 3.63) is 107 Å². The predicted molar refractivity (Wildman–Crippen MR) is 138 cm³/mol. The number of fused-ring (bicyclic) bond motifs is 5. The summed E-state index contributed by atoms with van der Waals surface area (Å²) in [4.78, 5) is 34.5. The van der Waals surface area contributed by atoms with Gasteiger partial charge in [-0.05, 0) is 41.8 Å². The topological polar surface area (TPSA) is 57.0 Å². The van der Waals surface area contributed by atoms with Crippen LogP contribution in [0.5, 0.6) is 0 Å². The van der Waals surface area contributed by atoms with Gasteiger partial charge in [-0.15, -0.1) is 0 Å². The number of rotatable bonds is 5. The normalized spacial score (nSPS) is 22.0. The lowest BCUT2D eigenvalue weighted by Crippen LogP contribution is -2.44. The number of halogens is 1. The molecule has 2 aliphatic heterocycles. The SMILES string of the molecule is [C-]#[N+]C1(c2ccccc2)CCN(CCCN2C(=O)NC3(C2=O)c2ccccc2-c2ccc(F)cc23)CC1. The molecule has 1 spiro atoms. The lowest BCUT2D eigenvalue weighted by molar-refractivity contribution is -0.130. The molecule has 7 heteroatoms. The molecule has 2 fully saturated rings. The van der Waals surface area contributed by atoms with Crippen LogP contribution in [0.1, 0.15) is 36.0 Å². The van der Waals surface area contributed by atoms with Gasteiger partial charge in [0.1, 0.15) is 5.82 Å². The van der Waals surface area contributed by atoms with E-state index in [0.29, 0.717) is 17.5 Å². The average Bonchev–Trinajstić information content (AvgIpc) is 3.35. The van der Waals surface area contributed by atoms with Crippen molar-refractivity contribution in [1.29, 1.82) is 0 Å². The van der Waals surface area contributed by atoms with Crippen molar-refractivity contribution >= 4 is 11.9 Å². The second-order valence-corrected chi connectivity index (χ2v) is 10.1. The van der Waals surface area contributed by atoms with Crippen LogP contribution in [0, 0.1) is 12.4 Å². The molecule has 3 aliphatic rings. The highest BCUT2D eigenvalue weighted by molar-refractivity contribution is 6.13. The van der Waals surface area contributed by atoms with Gasteiger partial charge in [0, 0.05) is 43.6 Å². The molecule has 1 N–H and O–H groups in total. The van der Waals surface area contributed by atoms with Crippen LogP contribution in [0.3, 0.4) is 0 Å². The minimum Gasteiger partial charge on any atom is -0.315 e. The highest BCUT2D eigenvalue weighted by Gasteiger charge is 2.58. The molecule has 1 aliphatic carbocycles. The van der Waals surface area contributed by atoms with Gasteiger partial charge in [-0.1, -0.05) is 60.7 Å². The predicted octanol–water partition coefficient (Wildman–Crippen LogP) is 4.90. The molecule has 0 aromatic heterocycles. The number of imide groups is 1. The van der Waals surface area contributed by atoms with E-state index in [9.17, 15) is 14.0 Å². The van der Waals surface area contributed by atoms with Crippen molar-refractivity contribution in [2.24, 2.45) is 0 Å². The number of hydrogen-bond acceptors (Lipinski definition) is 3. The monoisotopic (exact) mass is 494 g/mol. The van der Waals surface area contributed by atoms with E-state index < -0.39 is 22.9 Å². The number of likely N-dealkylation sites (tertiary alicyclic amines) is 1. The summed E-state index contributed by atoms with van der Waals surface area (Å²) in [5, 5.41) is 2.92. The smallest absolute Gasteiger partial charge is 0.315 e. The maximum atomic E-state index is 14.3. The third kappa shape index (κ3) is 3.55. The number of urea groups is 1. The Bertz CT molecular complexity index is 1420. The number of benzene rings is 3. The fourth-order valence-electron chi connectivity index (χ4n) is 6.21. The summed E-state index contributed by atoms with van der Waals surface area (Å²) in [6.07, 6.45) is 2.14. The summed E-state index contributed by atoms with van der Waals surface area (Å²) in [7, 11) is 0. The van der Waals surface area contributed by atoms with Crippen molar-refractivity contribution in [1.82, 2.24) is 15.1 Å². The molecular weight excluding hydrogens is 467 g/mol. The van der Waals surface area contributed by atoms with E-state index in [2.05, 4.69) is 15.1 Å².